The highest BCUT2D eigenvalue weighted by atomic mass is 79.9. The quantitative estimate of drug-likeness (QED) is 0.594. The van der Waals surface area contributed by atoms with Crippen LogP contribution in [0.4, 0.5) is 0 Å². The fraction of sp³-hybridized carbons (Fsp3) is 1.00. The topological polar surface area (TPSA) is 40.5 Å². The number of hydrogen-bond donors (Lipinski definition) is 2. The van der Waals surface area contributed by atoms with E-state index in [1.165, 1.54) is 0 Å². The molecule has 4 heteroatoms. The number of aliphatic hydroxyl groups excluding tert-OH is 2. The van der Waals surface area contributed by atoms with Gasteiger partial charge < -0.3 is 10.2 Å². The van der Waals surface area contributed by atoms with Gasteiger partial charge in [0, 0.05) is 0 Å². The van der Waals surface area contributed by atoms with Crippen LogP contribution in [-0.4, -0.2) is 28.2 Å². The van der Waals surface area contributed by atoms with Crippen molar-refractivity contribution in [2.45, 2.75) is 0 Å². The summed E-state index contributed by atoms with van der Waals surface area (Å²) in [5.41, 5.74) is 0. The molecule has 46 valence electrons. The van der Waals surface area contributed by atoms with Gasteiger partial charge in [-0.05, 0) is 0 Å². The number of halogens is 2. The third-order valence-corrected chi connectivity index (χ3v) is 0.1000. The lowest BCUT2D eigenvalue weighted by Gasteiger charge is -1.70. The Kier molecular flexibility index (Phi) is 24.2. The van der Waals surface area contributed by atoms with Crippen LogP contribution in [0.3, 0.4) is 0 Å². The molecule has 0 aliphatic carbocycles. The summed E-state index contributed by atoms with van der Waals surface area (Å²) in [5.74, 6) is 0. The molecule has 0 aromatic carbocycles. The zero-order valence-corrected chi connectivity index (χ0v) is 6.11. The first-order valence-electron chi connectivity index (χ1n) is 1.67. The highest BCUT2D eigenvalue weighted by Crippen LogP contribution is 1.78. The third kappa shape index (κ3) is 51.5. The summed E-state index contributed by atoms with van der Waals surface area (Å²) in [4.78, 5) is 0.535. The van der Waals surface area contributed by atoms with Crippen LogP contribution in [0, 0.1) is 0 Å². The van der Waals surface area contributed by atoms with Gasteiger partial charge >= 0.3 is 0 Å². The average Bonchev–Trinajstić information content (AvgIpc) is 1.69. The predicted molar refractivity (Wildman–Crippen MR) is 33.8 cm³/mol. The molecule has 0 unspecified atom stereocenters. The monoisotopic (exact) mass is 190 g/mol. The fourth-order valence-electron chi connectivity index (χ4n) is 0. The van der Waals surface area contributed by atoms with E-state index < -0.39 is 0 Å². The Morgan fingerprint density at radius 1 is 1.29 bits per heavy atom. The van der Waals surface area contributed by atoms with Crippen LogP contribution in [0.5, 0.6) is 0 Å². The maximum Gasteiger partial charge on any atom is 0.0778 e. The predicted octanol–water partition coefficient (Wildman–Crippen LogP) is 0.549. The van der Waals surface area contributed by atoms with Crippen molar-refractivity contribution >= 4 is 27.5 Å². The van der Waals surface area contributed by atoms with Gasteiger partial charge in [0.2, 0.25) is 0 Å². The second-order valence-electron chi connectivity index (χ2n) is 0.548. The SMILES string of the molecule is ClCBr.OCCO. The summed E-state index contributed by atoms with van der Waals surface area (Å²) in [6.45, 7) is -0.250. The minimum Gasteiger partial charge on any atom is -0.394 e. The lowest BCUT2D eigenvalue weighted by atomic mass is 10.8. The molecule has 0 spiro atoms. The van der Waals surface area contributed by atoms with Gasteiger partial charge in [0.25, 0.3) is 0 Å². The summed E-state index contributed by atoms with van der Waals surface area (Å²) < 4.78 is 0. The lowest BCUT2D eigenvalue weighted by Crippen LogP contribution is -1.85. The van der Waals surface area contributed by atoms with Gasteiger partial charge in [-0.15, -0.1) is 11.6 Å². The van der Waals surface area contributed by atoms with Crippen molar-refractivity contribution in [3.8, 4) is 0 Å². The van der Waals surface area contributed by atoms with Crippen molar-refractivity contribution in [3.63, 3.8) is 0 Å². The number of aliphatic hydroxyl groups is 2. The van der Waals surface area contributed by atoms with Gasteiger partial charge in [0.1, 0.15) is 0 Å². The van der Waals surface area contributed by atoms with E-state index in [-0.39, 0.29) is 13.2 Å². The molecule has 0 bridgehead atoms. The van der Waals surface area contributed by atoms with Crippen molar-refractivity contribution in [3.05, 3.63) is 0 Å². The van der Waals surface area contributed by atoms with Crippen molar-refractivity contribution in [1.29, 1.82) is 0 Å². The molecule has 0 amide bonds. The summed E-state index contributed by atoms with van der Waals surface area (Å²) in [7, 11) is 0. The Labute approximate surface area is 56.2 Å². The molecule has 2 nitrogen and oxygen atoms in total. The molecular formula is C3H8BrClO2. The minimum absolute atomic E-state index is 0.125. The second-order valence-corrected chi connectivity index (χ2v) is 2.02. The Hall–Kier alpha value is 0.690. The van der Waals surface area contributed by atoms with Crippen LogP contribution in [-0.2, 0) is 0 Å². The van der Waals surface area contributed by atoms with E-state index in [0.29, 0.717) is 4.79 Å². The molecule has 2 N–H and O–H groups in total. The highest BCUT2D eigenvalue weighted by molar-refractivity contribution is 9.09. The van der Waals surface area contributed by atoms with Crippen LogP contribution in [0.1, 0.15) is 0 Å². The van der Waals surface area contributed by atoms with Gasteiger partial charge in [0.05, 0.1) is 18.0 Å². The first kappa shape index (κ1) is 10.6. The fourth-order valence-corrected chi connectivity index (χ4v) is 0. The molecule has 0 fully saturated rings. The molecular weight excluding hydrogens is 183 g/mol. The summed E-state index contributed by atoms with van der Waals surface area (Å²) >= 11 is 7.83. The first-order chi connectivity index (χ1) is 3.33. The molecule has 0 saturated heterocycles. The van der Waals surface area contributed by atoms with Crippen LogP contribution in [0.15, 0.2) is 0 Å². The van der Waals surface area contributed by atoms with Gasteiger partial charge in [-0.2, -0.15) is 0 Å². The molecule has 0 aromatic heterocycles. The molecule has 0 heterocycles. The molecule has 0 rings (SSSR count). The van der Waals surface area contributed by atoms with Crippen molar-refractivity contribution in [2.24, 2.45) is 0 Å². The maximum atomic E-state index is 7.62. The van der Waals surface area contributed by atoms with Gasteiger partial charge in [-0.1, -0.05) is 15.9 Å². The van der Waals surface area contributed by atoms with Crippen LogP contribution < -0.4 is 0 Å². The van der Waals surface area contributed by atoms with Crippen LogP contribution >= 0.6 is 27.5 Å². The Balaban J connectivity index is 0. The van der Waals surface area contributed by atoms with E-state index in [1.807, 2.05) is 0 Å². The molecule has 0 atom stereocenters. The van der Waals surface area contributed by atoms with E-state index in [0.717, 1.165) is 0 Å². The molecule has 7 heavy (non-hydrogen) atoms. The third-order valence-electron chi connectivity index (χ3n) is 0.1000. The smallest absolute Gasteiger partial charge is 0.0778 e. The Morgan fingerprint density at radius 3 is 1.43 bits per heavy atom. The zero-order valence-electron chi connectivity index (χ0n) is 3.77. The van der Waals surface area contributed by atoms with Gasteiger partial charge in [0.15, 0.2) is 0 Å². The summed E-state index contributed by atoms with van der Waals surface area (Å²) in [5, 5.41) is 15.2. The van der Waals surface area contributed by atoms with Crippen molar-refractivity contribution in [2.75, 3.05) is 18.0 Å². The molecule has 0 radical (unpaired) electrons. The van der Waals surface area contributed by atoms with E-state index in [1.54, 1.807) is 0 Å². The van der Waals surface area contributed by atoms with Crippen LogP contribution in [0.2, 0.25) is 0 Å². The van der Waals surface area contributed by atoms with Crippen molar-refractivity contribution < 1.29 is 10.2 Å². The number of rotatable bonds is 1. The highest BCUT2D eigenvalue weighted by Gasteiger charge is 1.58. The second kappa shape index (κ2) is 15.9. The van der Waals surface area contributed by atoms with E-state index in [9.17, 15) is 0 Å². The normalized spacial score (nSPS) is 6.86. The molecule has 0 aromatic rings. The molecule has 0 aliphatic heterocycles. The average molecular weight is 191 g/mol. The molecule has 0 saturated carbocycles. The number of alkyl halides is 2. The van der Waals surface area contributed by atoms with E-state index >= 15 is 0 Å². The lowest BCUT2D eigenvalue weighted by molar-refractivity contribution is 0.186. The zero-order chi connectivity index (χ0) is 6.12. The number of hydrogen-bond acceptors (Lipinski definition) is 2. The minimum atomic E-state index is -0.125. The van der Waals surface area contributed by atoms with Crippen molar-refractivity contribution in [1.82, 2.24) is 0 Å². The first-order valence-corrected chi connectivity index (χ1v) is 3.32. The Bertz CT molecular complexity index is 20.4. The molecule has 0 aliphatic rings. The van der Waals surface area contributed by atoms with Crippen LogP contribution in [0.25, 0.3) is 0 Å². The summed E-state index contributed by atoms with van der Waals surface area (Å²) in [6.07, 6.45) is 0. The standard InChI is InChI=1S/C2H6O2.CH2BrCl/c3-1-2-4;2-1-3/h3-4H,1-2H2;1H2. The Morgan fingerprint density at radius 2 is 1.43 bits per heavy atom. The van der Waals surface area contributed by atoms with Gasteiger partial charge in [-0.3, -0.25) is 0 Å². The maximum absolute atomic E-state index is 7.62. The van der Waals surface area contributed by atoms with E-state index in [4.69, 9.17) is 21.8 Å². The van der Waals surface area contributed by atoms with E-state index in [2.05, 4.69) is 15.9 Å². The largest absolute Gasteiger partial charge is 0.394 e. The summed E-state index contributed by atoms with van der Waals surface area (Å²) in [6, 6.07) is 0. The van der Waals surface area contributed by atoms with Gasteiger partial charge in [-0.25, -0.2) is 0 Å².